The highest BCUT2D eigenvalue weighted by molar-refractivity contribution is 5.89. The minimum atomic E-state index is -0.310. The van der Waals surface area contributed by atoms with Crippen molar-refractivity contribution in [1.82, 2.24) is 20.3 Å². The van der Waals surface area contributed by atoms with Gasteiger partial charge in [-0.25, -0.2) is 19.7 Å². The van der Waals surface area contributed by atoms with Crippen molar-refractivity contribution in [3.8, 4) is 11.5 Å². The number of carbonyl (C=O) groups excluding carboxylic acids is 1. The zero-order valence-corrected chi connectivity index (χ0v) is 17.9. The van der Waals surface area contributed by atoms with Crippen molar-refractivity contribution in [3.05, 3.63) is 54.0 Å². The standard InChI is InChI=1S/C22H25N7O3/c1-14-5-6-23-19(11-14)29-21-13-20(26-15(2)27-21)24-7-8-25-22(30)28-16-3-4-17-18(12-16)32-10-9-31-17/h3-6,11-13H,7-10H2,1-2H3,(H2,25,28,30)(H2,23,24,26,27,29). The number of nitrogens with zero attached hydrogens (tertiary/aromatic N) is 3. The molecule has 0 radical (unpaired) electrons. The molecule has 0 unspecified atom stereocenters. The van der Waals surface area contributed by atoms with Crippen LogP contribution in [0.4, 0.5) is 27.9 Å². The number of nitrogens with one attached hydrogen (secondary N) is 4. The van der Waals surface area contributed by atoms with Gasteiger partial charge in [-0.2, -0.15) is 0 Å². The third-order valence-corrected chi connectivity index (χ3v) is 4.53. The number of hydrogen-bond donors (Lipinski definition) is 4. The van der Waals surface area contributed by atoms with Crippen LogP contribution in [0, 0.1) is 13.8 Å². The minimum Gasteiger partial charge on any atom is -0.486 e. The molecule has 2 aromatic heterocycles. The van der Waals surface area contributed by atoms with E-state index >= 15 is 0 Å². The number of urea groups is 1. The Morgan fingerprint density at radius 2 is 1.75 bits per heavy atom. The molecule has 0 aliphatic carbocycles. The molecule has 0 saturated heterocycles. The van der Waals surface area contributed by atoms with Crippen LogP contribution in [0.25, 0.3) is 0 Å². The average molecular weight is 435 g/mol. The first-order valence-electron chi connectivity index (χ1n) is 10.3. The number of ether oxygens (including phenoxy) is 2. The van der Waals surface area contributed by atoms with E-state index in [1.54, 1.807) is 30.5 Å². The number of aryl methyl sites for hydroxylation is 2. The van der Waals surface area contributed by atoms with Gasteiger partial charge in [0.1, 0.15) is 36.5 Å². The lowest BCUT2D eigenvalue weighted by Crippen LogP contribution is -2.32. The summed E-state index contributed by atoms with van der Waals surface area (Å²) in [7, 11) is 0. The number of anilines is 4. The highest BCUT2D eigenvalue weighted by Crippen LogP contribution is 2.32. The number of benzene rings is 1. The molecular formula is C22H25N7O3. The summed E-state index contributed by atoms with van der Waals surface area (Å²) in [6.07, 6.45) is 1.74. The summed E-state index contributed by atoms with van der Waals surface area (Å²) in [5.74, 6) is 3.93. The van der Waals surface area contributed by atoms with Crippen LogP contribution in [0.1, 0.15) is 11.4 Å². The van der Waals surface area contributed by atoms with E-state index in [9.17, 15) is 4.79 Å². The van der Waals surface area contributed by atoms with E-state index in [0.29, 0.717) is 66.8 Å². The predicted molar refractivity (Wildman–Crippen MR) is 122 cm³/mol. The Kier molecular flexibility index (Phi) is 6.49. The molecule has 4 N–H and O–H groups in total. The van der Waals surface area contributed by atoms with Crippen molar-refractivity contribution in [1.29, 1.82) is 0 Å². The first kappa shape index (κ1) is 21.2. The van der Waals surface area contributed by atoms with E-state index in [-0.39, 0.29) is 6.03 Å². The first-order valence-corrected chi connectivity index (χ1v) is 10.3. The first-order chi connectivity index (χ1) is 15.5. The molecule has 166 valence electrons. The predicted octanol–water partition coefficient (Wildman–Crippen LogP) is 3.24. The lowest BCUT2D eigenvalue weighted by atomic mass is 10.2. The van der Waals surface area contributed by atoms with E-state index in [2.05, 4.69) is 36.2 Å². The molecule has 1 aromatic carbocycles. The fourth-order valence-corrected chi connectivity index (χ4v) is 3.12. The molecule has 0 atom stereocenters. The molecule has 10 heteroatoms. The van der Waals surface area contributed by atoms with E-state index in [4.69, 9.17) is 9.47 Å². The Hall–Kier alpha value is -4.08. The van der Waals surface area contributed by atoms with Crippen LogP contribution in [0.2, 0.25) is 0 Å². The van der Waals surface area contributed by atoms with Crippen LogP contribution >= 0.6 is 0 Å². The molecule has 1 aliphatic heterocycles. The third-order valence-electron chi connectivity index (χ3n) is 4.53. The maximum atomic E-state index is 12.2. The number of amides is 2. The van der Waals surface area contributed by atoms with Crippen molar-refractivity contribution in [2.75, 3.05) is 42.3 Å². The van der Waals surface area contributed by atoms with Gasteiger partial charge in [-0.15, -0.1) is 0 Å². The summed E-state index contributed by atoms with van der Waals surface area (Å²) >= 11 is 0. The molecule has 2 amide bonds. The summed E-state index contributed by atoms with van der Waals surface area (Å²) in [5.41, 5.74) is 1.74. The zero-order valence-electron chi connectivity index (χ0n) is 17.9. The van der Waals surface area contributed by atoms with E-state index in [0.717, 1.165) is 5.56 Å². The monoisotopic (exact) mass is 435 g/mol. The molecule has 0 bridgehead atoms. The minimum absolute atomic E-state index is 0.310. The fraction of sp³-hybridized carbons (Fsp3) is 0.273. The van der Waals surface area contributed by atoms with Crippen LogP contribution < -0.4 is 30.7 Å². The van der Waals surface area contributed by atoms with Crippen molar-refractivity contribution in [3.63, 3.8) is 0 Å². The Labute approximate surface area is 185 Å². The van der Waals surface area contributed by atoms with Gasteiger partial charge in [-0.3, -0.25) is 0 Å². The highest BCUT2D eigenvalue weighted by atomic mass is 16.6. The summed E-state index contributed by atoms with van der Waals surface area (Å²) in [5, 5.41) is 12.0. The van der Waals surface area contributed by atoms with Crippen LogP contribution in [-0.4, -0.2) is 47.3 Å². The molecule has 10 nitrogen and oxygen atoms in total. The highest BCUT2D eigenvalue weighted by Gasteiger charge is 2.12. The van der Waals surface area contributed by atoms with Gasteiger partial charge in [-0.1, -0.05) is 0 Å². The maximum Gasteiger partial charge on any atom is 0.319 e. The SMILES string of the molecule is Cc1ccnc(Nc2cc(NCCNC(=O)Nc3ccc4c(c3)OCCO4)nc(C)n2)c1. The third kappa shape index (κ3) is 5.75. The second kappa shape index (κ2) is 9.82. The van der Waals surface area contributed by atoms with Gasteiger partial charge in [0.05, 0.1) is 0 Å². The van der Waals surface area contributed by atoms with Gasteiger partial charge >= 0.3 is 6.03 Å². The van der Waals surface area contributed by atoms with Crippen molar-refractivity contribution in [2.45, 2.75) is 13.8 Å². The number of hydrogen-bond acceptors (Lipinski definition) is 8. The molecule has 3 aromatic rings. The smallest absolute Gasteiger partial charge is 0.319 e. The fourth-order valence-electron chi connectivity index (χ4n) is 3.12. The Morgan fingerprint density at radius 1 is 0.938 bits per heavy atom. The Morgan fingerprint density at radius 3 is 2.59 bits per heavy atom. The molecule has 1 aliphatic rings. The van der Waals surface area contributed by atoms with Crippen LogP contribution in [-0.2, 0) is 0 Å². The molecule has 0 saturated carbocycles. The van der Waals surface area contributed by atoms with Gasteiger partial charge in [-0.05, 0) is 43.7 Å². The number of pyridine rings is 1. The van der Waals surface area contributed by atoms with Crippen molar-refractivity contribution < 1.29 is 14.3 Å². The number of carbonyl (C=O) groups is 1. The topological polar surface area (TPSA) is 122 Å². The van der Waals surface area contributed by atoms with Gasteiger partial charge in [0.2, 0.25) is 0 Å². The zero-order chi connectivity index (χ0) is 22.3. The quantitative estimate of drug-likeness (QED) is 0.417. The summed E-state index contributed by atoms with van der Waals surface area (Å²) in [6, 6.07) is 10.7. The summed E-state index contributed by atoms with van der Waals surface area (Å²) < 4.78 is 11.0. The Balaban J connectivity index is 1.25. The largest absolute Gasteiger partial charge is 0.486 e. The van der Waals surface area contributed by atoms with Gasteiger partial charge in [0, 0.05) is 37.1 Å². The second-order valence-corrected chi connectivity index (χ2v) is 7.20. The molecule has 3 heterocycles. The van der Waals surface area contributed by atoms with Crippen LogP contribution in [0.5, 0.6) is 11.5 Å². The van der Waals surface area contributed by atoms with E-state index in [1.807, 2.05) is 26.0 Å². The van der Waals surface area contributed by atoms with E-state index in [1.165, 1.54) is 0 Å². The normalized spacial score (nSPS) is 12.1. The molecule has 0 fully saturated rings. The Bertz CT molecular complexity index is 1110. The summed E-state index contributed by atoms with van der Waals surface area (Å²) in [6.45, 7) is 5.74. The number of aromatic nitrogens is 3. The van der Waals surface area contributed by atoms with Gasteiger partial charge in [0.25, 0.3) is 0 Å². The molecule has 32 heavy (non-hydrogen) atoms. The maximum absolute atomic E-state index is 12.2. The molecule has 0 spiro atoms. The lowest BCUT2D eigenvalue weighted by Gasteiger charge is -2.19. The lowest BCUT2D eigenvalue weighted by molar-refractivity contribution is 0.171. The second-order valence-electron chi connectivity index (χ2n) is 7.20. The molecular weight excluding hydrogens is 410 g/mol. The summed E-state index contributed by atoms with van der Waals surface area (Å²) in [4.78, 5) is 25.2. The van der Waals surface area contributed by atoms with Gasteiger partial charge < -0.3 is 30.7 Å². The molecule has 4 rings (SSSR count). The van der Waals surface area contributed by atoms with Crippen LogP contribution in [0.3, 0.4) is 0 Å². The number of fused-ring (bicyclic) bond motifs is 1. The van der Waals surface area contributed by atoms with Crippen LogP contribution in [0.15, 0.2) is 42.6 Å². The number of rotatable bonds is 7. The van der Waals surface area contributed by atoms with Crippen molar-refractivity contribution in [2.24, 2.45) is 0 Å². The van der Waals surface area contributed by atoms with E-state index < -0.39 is 0 Å². The average Bonchev–Trinajstić information content (AvgIpc) is 2.76. The van der Waals surface area contributed by atoms with Gasteiger partial charge in [0.15, 0.2) is 11.5 Å². The van der Waals surface area contributed by atoms with Crippen molar-refractivity contribution >= 4 is 29.2 Å².